The number of allylic oxidation sites excluding steroid dienone is 2. The molecule has 2 amide bonds. The number of carbonyl (C=O) groups excluding carboxylic acids is 4. The lowest BCUT2D eigenvalue weighted by Gasteiger charge is -2.39. The fraction of sp³-hybridized carbons (Fsp3) is 0.143. The molecule has 3 aliphatic rings. The Hall–Kier alpha value is -5.88. The van der Waals surface area contributed by atoms with E-state index in [4.69, 9.17) is 4.74 Å². The second kappa shape index (κ2) is 11.1. The molecule has 6 nitrogen and oxygen atoms in total. The zero-order valence-electron chi connectivity index (χ0n) is 26.2. The summed E-state index contributed by atoms with van der Waals surface area (Å²) < 4.78 is 5.34. The average Bonchev–Trinajstić information content (AvgIpc) is 3.65. The van der Waals surface area contributed by atoms with Crippen molar-refractivity contribution < 1.29 is 23.9 Å². The highest BCUT2D eigenvalue weighted by Gasteiger charge is 2.82. The van der Waals surface area contributed by atoms with Crippen LogP contribution in [-0.4, -0.2) is 30.2 Å². The molecule has 2 aliphatic carbocycles. The molecule has 2 bridgehead atoms. The van der Waals surface area contributed by atoms with E-state index in [0.717, 1.165) is 27.2 Å². The molecule has 1 saturated heterocycles. The van der Waals surface area contributed by atoms with Crippen LogP contribution in [0.3, 0.4) is 0 Å². The number of anilines is 1. The van der Waals surface area contributed by atoms with Crippen molar-refractivity contribution in [2.75, 3.05) is 11.5 Å². The van der Waals surface area contributed by atoms with Crippen molar-refractivity contribution >= 4 is 40.4 Å². The molecule has 0 N–H and O–H groups in total. The highest BCUT2D eigenvalue weighted by molar-refractivity contribution is 6.39. The number of nitrogens with zero attached hydrogens (tertiary/aromatic N) is 1. The van der Waals surface area contributed by atoms with Gasteiger partial charge in [0.05, 0.1) is 40.5 Å². The maximum Gasteiger partial charge on any atom is 0.340 e. The number of benzene rings is 5. The second-order valence-corrected chi connectivity index (χ2v) is 12.4. The van der Waals surface area contributed by atoms with Gasteiger partial charge in [0.25, 0.3) is 0 Å². The van der Waals surface area contributed by atoms with Crippen molar-refractivity contribution in [2.24, 2.45) is 11.8 Å². The smallest absolute Gasteiger partial charge is 0.340 e. The zero-order valence-corrected chi connectivity index (χ0v) is 26.2. The number of amides is 2. The minimum absolute atomic E-state index is 0.113. The van der Waals surface area contributed by atoms with Crippen molar-refractivity contribution in [1.82, 2.24) is 0 Å². The Bertz CT molecular complexity index is 2010. The van der Waals surface area contributed by atoms with Gasteiger partial charge in [0.1, 0.15) is 0 Å². The quantitative estimate of drug-likeness (QED) is 0.142. The normalized spacial score (nSPS) is 24.3. The topological polar surface area (TPSA) is 80.8 Å². The first kappa shape index (κ1) is 29.5. The van der Waals surface area contributed by atoms with E-state index >= 15 is 14.4 Å². The van der Waals surface area contributed by atoms with Crippen LogP contribution in [0.25, 0.3) is 11.1 Å². The van der Waals surface area contributed by atoms with Gasteiger partial charge in [-0.15, -0.1) is 0 Å². The molecule has 234 valence electrons. The molecule has 2 fully saturated rings. The van der Waals surface area contributed by atoms with Crippen LogP contribution in [0.5, 0.6) is 0 Å². The standard InChI is InChI=1S/C42H31NO5/c1-2-48-39(46)31-25-15-16-26-32(31)43-37(44)35-36(38(43)45)42(30-23-13-6-14-24-30)34(28-19-9-4-10-20-28)33(27-17-7-3-8-18-27)41(35,40(42)47)29-21-11-5-12-22-29/h3-26,35-36H,2H2,1H3/t35-,36+,41-,42-/m0/s1. The van der Waals surface area contributed by atoms with Crippen LogP contribution in [0, 0.1) is 11.8 Å². The number of hydrogen-bond donors (Lipinski definition) is 0. The fourth-order valence-corrected chi connectivity index (χ4v) is 8.62. The van der Waals surface area contributed by atoms with Crippen molar-refractivity contribution in [1.29, 1.82) is 0 Å². The molecule has 5 aromatic rings. The van der Waals surface area contributed by atoms with Crippen molar-refractivity contribution in [2.45, 2.75) is 17.8 Å². The number of hydrogen-bond acceptors (Lipinski definition) is 5. The summed E-state index contributed by atoms with van der Waals surface area (Å²) in [5.41, 5.74) is 1.57. The van der Waals surface area contributed by atoms with Crippen molar-refractivity contribution in [3.05, 3.63) is 173 Å². The van der Waals surface area contributed by atoms with E-state index < -0.39 is 40.4 Å². The maximum absolute atomic E-state index is 15.9. The maximum atomic E-state index is 15.9. The number of fused-ring (bicyclic) bond motifs is 5. The summed E-state index contributed by atoms with van der Waals surface area (Å²) >= 11 is 0. The lowest BCUT2D eigenvalue weighted by Crippen LogP contribution is -2.46. The summed E-state index contributed by atoms with van der Waals surface area (Å²) in [5.74, 6) is -4.03. The number of imide groups is 1. The van der Waals surface area contributed by atoms with E-state index in [1.54, 1.807) is 31.2 Å². The highest BCUT2D eigenvalue weighted by Crippen LogP contribution is 2.74. The molecule has 0 radical (unpaired) electrons. The van der Waals surface area contributed by atoms with E-state index in [0.29, 0.717) is 11.1 Å². The van der Waals surface area contributed by atoms with E-state index in [2.05, 4.69) is 0 Å². The first-order valence-corrected chi connectivity index (χ1v) is 16.1. The number of carbonyl (C=O) groups is 4. The third kappa shape index (κ3) is 3.74. The molecule has 1 heterocycles. The van der Waals surface area contributed by atoms with Gasteiger partial charge >= 0.3 is 5.97 Å². The van der Waals surface area contributed by atoms with E-state index in [1.165, 1.54) is 0 Å². The van der Waals surface area contributed by atoms with E-state index in [-0.39, 0.29) is 23.6 Å². The molecular weight excluding hydrogens is 598 g/mol. The molecule has 6 heteroatoms. The molecule has 1 aliphatic heterocycles. The highest BCUT2D eigenvalue weighted by atomic mass is 16.5. The fourth-order valence-electron chi connectivity index (χ4n) is 8.62. The number of esters is 1. The van der Waals surface area contributed by atoms with Crippen LogP contribution in [-0.2, 0) is 30.0 Å². The van der Waals surface area contributed by atoms with E-state index in [9.17, 15) is 4.79 Å². The molecule has 1 saturated carbocycles. The Balaban J connectivity index is 1.52. The Morgan fingerprint density at radius 1 is 0.583 bits per heavy atom. The van der Waals surface area contributed by atoms with Crippen molar-refractivity contribution in [3.63, 3.8) is 0 Å². The van der Waals surface area contributed by atoms with Gasteiger partial charge in [-0.25, -0.2) is 9.69 Å². The van der Waals surface area contributed by atoms with Gasteiger partial charge in [-0.05, 0) is 52.5 Å². The molecule has 48 heavy (non-hydrogen) atoms. The third-order valence-corrected chi connectivity index (χ3v) is 10.2. The SMILES string of the molecule is CCOC(=O)c1ccccc1N1C(=O)[C@@H]2[C@H](C1=O)[C@@]1(c3ccccc3)C(=O)[C@@]2(c2ccccc2)C(c2ccccc2)=C1c1ccccc1. The second-order valence-electron chi connectivity index (χ2n) is 12.4. The molecule has 4 atom stereocenters. The molecule has 0 unspecified atom stereocenters. The lowest BCUT2D eigenvalue weighted by molar-refractivity contribution is -0.130. The van der Waals surface area contributed by atoms with Gasteiger partial charge in [0.15, 0.2) is 5.78 Å². The number of ether oxygens (including phenoxy) is 1. The molecule has 8 rings (SSSR count). The van der Waals surface area contributed by atoms with Crippen molar-refractivity contribution in [3.8, 4) is 0 Å². The van der Waals surface area contributed by atoms with Gasteiger partial charge in [-0.1, -0.05) is 133 Å². The first-order chi connectivity index (χ1) is 23.5. The van der Waals surface area contributed by atoms with Crippen LogP contribution < -0.4 is 4.90 Å². The van der Waals surface area contributed by atoms with Crippen LogP contribution in [0.15, 0.2) is 146 Å². The summed E-state index contributed by atoms with van der Waals surface area (Å²) in [5, 5.41) is 0. The monoisotopic (exact) mass is 629 g/mol. The van der Waals surface area contributed by atoms with Gasteiger partial charge in [0.2, 0.25) is 11.8 Å². The molecule has 0 aromatic heterocycles. The Kier molecular flexibility index (Phi) is 6.84. The van der Waals surface area contributed by atoms with Gasteiger partial charge in [0, 0.05) is 0 Å². The summed E-state index contributed by atoms with van der Waals surface area (Å²) in [4.78, 5) is 60.7. The van der Waals surface area contributed by atoms with E-state index in [1.807, 2.05) is 121 Å². The number of para-hydroxylation sites is 1. The summed E-state index contributed by atoms with van der Waals surface area (Å²) in [7, 11) is 0. The van der Waals surface area contributed by atoms with Crippen LogP contribution in [0.1, 0.15) is 39.5 Å². The Morgan fingerprint density at radius 2 is 0.979 bits per heavy atom. The Morgan fingerprint density at radius 3 is 1.42 bits per heavy atom. The summed E-state index contributed by atoms with van der Waals surface area (Å²) in [6.45, 7) is 1.84. The number of rotatable bonds is 7. The zero-order chi connectivity index (χ0) is 33.0. The van der Waals surface area contributed by atoms with Crippen LogP contribution in [0.4, 0.5) is 5.69 Å². The minimum atomic E-state index is -1.52. The van der Waals surface area contributed by atoms with Gasteiger partial charge < -0.3 is 4.74 Å². The summed E-state index contributed by atoms with van der Waals surface area (Å²) in [6, 6.07) is 44.7. The third-order valence-electron chi connectivity index (χ3n) is 10.2. The number of ketones is 1. The average molecular weight is 630 g/mol. The first-order valence-electron chi connectivity index (χ1n) is 16.1. The van der Waals surface area contributed by atoms with Crippen LogP contribution in [0.2, 0.25) is 0 Å². The minimum Gasteiger partial charge on any atom is -0.462 e. The predicted molar refractivity (Wildman–Crippen MR) is 183 cm³/mol. The lowest BCUT2D eigenvalue weighted by atomic mass is 9.59. The molecule has 5 aromatic carbocycles. The molecular formula is C42H31NO5. The number of Topliss-reactive ketones (excluding diaryl/α,β-unsaturated/α-hetero) is 1. The van der Waals surface area contributed by atoms with Crippen LogP contribution >= 0.6 is 0 Å². The largest absolute Gasteiger partial charge is 0.462 e. The summed E-state index contributed by atoms with van der Waals surface area (Å²) in [6.07, 6.45) is 0. The molecule has 0 spiro atoms. The van der Waals surface area contributed by atoms with Gasteiger partial charge in [-0.3, -0.25) is 14.4 Å². The predicted octanol–water partition coefficient (Wildman–Crippen LogP) is 7.05. The Labute approximate surface area is 278 Å². The van der Waals surface area contributed by atoms with Gasteiger partial charge in [-0.2, -0.15) is 0 Å².